The zero-order chi connectivity index (χ0) is 38.0. The Labute approximate surface area is 325 Å². The van der Waals surface area contributed by atoms with E-state index >= 15 is 0 Å². The SMILES string of the molecule is FC(F)(F)c1ccc(N2c3ccc(-c4ccccc4)c4c3B3c5c(cccc5Oc5c(-c6cccc(-n7c8ccccc8c8ccccc87)c6)ccc2c53)O4)cc1. The molecule has 8 heteroatoms. The van der Waals surface area contributed by atoms with E-state index in [0.717, 1.165) is 90.4 Å². The summed E-state index contributed by atoms with van der Waals surface area (Å²) in [6.45, 7) is -0.261. The summed E-state index contributed by atoms with van der Waals surface area (Å²) in [5, 5.41) is 2.37. The number of hydrogen-bond donors (Lipinski definition) is 0. The zero-order valence-corrected chi connectivity index (χ0v) is 30.1. The predicted octanol–water partition coefficient (Wildman–Crippen LogP) is 11.6. The van der Waals surface area contributed by atoms with Crippen LogP contribution in [0.15, 0.2) is 170 Å². The molecule has 4 heterocycles. The molecule has 270 valence electrons. The van der Waals surface area contributed by atoms with Gasteiger partial charge in [-0.3, -0.25) is 0 Å². The second-order valence-electron chi connectivity index (χ2n) is 14.7. The molecule has 0 amide bonds. The first kappa shape index (κ1) is 32.1. The molecule has 8 aromatic carbocycles. The minimum atomic E-state index is -4.46. The third kappa shape index (κ3) is 4.58. The first-order valence-electron chi connectivity index (χ1n) is 18.9. The molecule has 1 aromatic heterocycles. The quantitative estimate of drug-likeness (QED) is 0.168. The van der Waals surface area contributed by atoms with Crippen molar-refractivity contribution >= 4 is 62.0 Å². The Morgan fingerprint density at radius 2 is 1.00 bits per heavy atom. The van der Waals surface area contributed by atoms with E-state index < -0.39 is 11.7 Å². The molecule has 12 rings (SSSR count). The molecule has 0 unspecified atom stereocenters. The number of anilines is 3. The van der Waals surface area contributed by atoms with Gasteiger partial charge >= 0.3 is 6.18 Å². The van der Waals surface area contributed by atoms with Gasteiger partial charge in [-0.25, -0.2) is 0 Å². The van der Waals surface area contributed by atoms with Gasteiger partial charge in [0, 0.05) is 50.1 Å². The lowest BCUT2D eigenvalue weighted by molar-refractivity contribution is -0.137. The molecule has 0 saturated carbocycles. The van der Waals surface area contributed by atoms with Crippen LogP contribution in [0.5, 0.6) is 23.0 Å². The van der Waals surface area contributed by atoms with Crippen LogP contribution in [-0.2, 0) is 6.18 Å². The highest BCUT2D eigenvalue weighted by Crippen LogP contribution is 2.50. The van der Waals surface area contributed by atoms with Gasteiger partial charge in [0.25, 0.3) is 6.71 Å². The average molecular weight is 745 g/mol. The molecule has 0 N–H and O–H groups in total. The molecule has 9 aromatic rings. The number of aromatic nitrogens is 1. The predicted molar refractivity (Wildman–Crippen MR) is 223 cm³/mol. The Morgan fingerprint density at radius 3 is 1.61 bits per heavy atom. The van der Waals surface area contributed by atoms with E-state index in [1.807, 2.05) is 41.3 Å². The van der Waals surface area contributed by atoms with Gasteiger partial charge < -0.3 is 18.9 Å². The molecule has 4 nitrogen and oxygen atoms in total. The first-order chi connectivity index (χ1) is 27.9. The van der Waals surface area contributed by atoms with Crippen LogP contribution < -0.4 is 30.8 Å². The highest BCUT2D eigenvalue weighted by Gasteiger charge is 2.49. The summed E-state index contributed by atoms with van der Waals surface area (Å²) < 4.78 is 57.7. The summed E-state index contributed by atoms with van der Waals surface area (Å²) in [5.74, 6) is 2.87. The number of benzene rings is 8. The van der Waals surface area contributed by atoms with Crippen molar-refractivity contribution in [1.82, 2.24) is 4.57 Å². The van der Waals surface area contributed by atoms with Crippen LogP contribution in [0, 0.1) is 0 Å². The molecule has 3 aliphatic heterocycles. The van der Waals surface area contributed by atoms with Gasteiger partial charge in [0.2, 0.25) is 0 Å². The number of para-hydroxylation sites is 2. The molecule has 0 radical (unpaired) electrons. The third-order valence-electron chi connectivity index (χ3n) is 11.7. The van der Waals surface area contributed by atoms with Crippen LogP contribution in [0.1, 0.15) is 5.56 Å². The summed E-state index contributed by atoms with van der Waals surface area (Å²) in [7, 11) is 0. The number of alkyl halides is 3. The number of fused-ring (bicyclic) bond motifs is 3. The van der Waals surface area contributed by atoms with Crippen LogP contribution in [0.2, 0.25) is 0 Å². The summed E-state index contributed by atoms with van der Waals surface area (Å²) in [5.41, 5.74) is 11.5. The van der Waals surface area contributed by atoms with Crippen molar-refractivity contribution in [3.63, 3.8) is 0 Å². The van der Waals surface area contributed by atoms with Crippen LogP contribution >= 0.6 is 0 Å². The fourth-order valence-electron chi connectivity index (χ4n) is 9.28. The van der Waals surface area contributed by atoms with E-state index in [0.29, 0.717) is 17.2 Å². The minimum absolute atomic E-state index is 0.261. The molecule has 0 atom stereocenters. The maximum Gasteiger partial charge on any atom is 0.416 e. The van der Waals surface area contributed by atoms with Gasteiger partial charge in [-0.15, -0.1) is 0 Å². The molecule has 57 heavy (non-hydrogen) atoms. The minimum Gasteiger partial charge on any atom is -0.458 e. The van der Waals surface area contributed by atoms with Crippen molar-refractivity contribution in [1.29, 1.82) is 0 Å². The summed E-state index contributed by atoms with van der Waals surface area (Å²) in [6.07, 6.45) is -4.46. The van der Waals surface area contributed by atoms with E-state index in [1.165, 1.54) is 10.8 Å². The lowest BCUT2D eigenvalue weighted by atomic mass is 9.33. The average Bonchev–Trinajstić information content (AvgIpc) is 3.58. The van der Waals surface area contributed by atoms with Crippen LogP contribution in [0.4, 0.5) is 30.2 Å². The molecule has 0 bridgehead atoms. The lowest BCUT2D eigenvalue weighted by Gasteiger charge is -2.43. The fourth-order valence-corrected chi connectivity index (χ4v) is 9.28. The maximum absolute atomic E-state index is 13.8. The van der Waals surface area contributed by atoms with Crippen LogP contribution in [0.25, 0.3) is 49.7 Å². The monoisotopic (exact) mass is 744 g/mol. The van der Waals surface area contributed by atoms with Crippen molar-refractivity contribution < 1.29 is 22.6 Å². The Bertz CT molecular complexity index is 3090. The smallest absolute Gasteiger partial charge is 0.416 e. The molecule has 3 aliphatic rings. The highest BCUT2D eigenvalue weighted by atomic mass is 19.4. The molecular formula is C49H28BF3N2O2. The van der Waals surface area contributed by atoms with Gasteiger partial charge in [-0.1, -0.05) is 84.9 Å². The number of hydrogen-bond acceptors (Lipinski definition) is 3. The standard InChI is InChI=1S/C49H28BF3N2O2/c51-49(52,53)31-20-22-32(23-21-31)54-40-26-24-34(29-10-2-1-3-11-29)47-44(40)50-45-41(54)27-25-35(48(45)57-43-19-9-18-42(56-47)46(43)50)30-12-8-13-33(28-30)55-38-16-6-4-14-36(38)37-15-5-7-17-39(37)55/h1-28H. The largest absolute Gasteiger partial charge is 0.458 e. The second-order valence-corrected chi connectivity index (χ2v) is 14.7. The Kier molecular flexibility index (Phi) is 6.57. The molecular weight excluding hydrogens is 716 g/mol. The van der Waals surface area contributed by atoms with Crippen molar-refractivity contribution in [3.8, 4) is 50.9 Å². The van der Waals surface area contributed by atoms with Crippen molar-refractivity contribution in [2.45, 2.75) is 6.18 Å². The van der Waals surface area contributed by atoms with Gasteiger partial charge in [0.1, 0.15) is 23.0 Å². The van der Waals surface area contributed by atoms with Crippen LogP contribution in [0.3, 0.4) is 0 Å². The maximum atomic E-state index is 13.8. The number of rotatable bonds is 4. The van der Waals surface area contributed by atoms with Crippen molar-refractivity contribution in [2.75, 3.05) is 4.90 Å². The van der Waals surface area contributed by atoms with Gasteiger partial charge in [-0.05, 0) is 107 Å². The van der Waals surface area contributed by atoms with E-state index in [2.05, 4.69) is 114 Å². The van der Waals surface area contributed by atoms with E-state index in [1.54, 1.807) is 12.1 Å². The number of ether oxygens (including phenoxy) is 2. The third-order valence-corrected chi connectivity index (χ3v) is 11.7. The second kappa shape index (κ2) is 11.7. The molecule has 0 saturated heterocycles. The fraction of sp³-hybridized carbons (Fsp3) is 0.0204. The Balaban J connectivity index is 1.12. The zero-order valence-electron chi connectivity index (χ0n) is 30.1. The normalized spacial score (nSPS) is 13.4. The molecule has 0 aliphatic carbocycles. The summed E-state index contributed by atoms with van der Waals surface area (Å²) in [4.78, 5) is 2.05. The molecule has 0 fully saturated rings. The van der Waals surface area contributed by atoms with Crippen molar-refractivity contribution in [2.24, 2.45) is 0 Å². The Hall–Kier alpha value is -7.19. The van der Waals surface area contributed by atoms with E-state index in [4.69, 9.17) is 9.47 Å². The van der Waals surface area contributed by atoms with Gasteiger partial charge in [0.15, 0.2) is 0 Å². The van der Waals surface area contributed by atoms with Crippen molar-refractivity contribution in [3.05, 3.63) is 175 Å². The summed E-state index contributed by atoms with van der Waals surface area (Å²) in [6, 6.07) is 55.2. The lowest BCUT2D eigenvalue weighted by Crippen LogP contribution is -2.61. The van der Waals surface area contributed by atoms with Crippen LogP contribution in [-0.4, -0.2) is 11.3 Å². The topological polar surface area (TPSA) is 26.6 Å². The van der Waals surface area contributed by atoms with E-state index in [9.17, 15) is 13.2 Å². The Morgan fingerprint density at radius 1 is 0.456 bits per heavy atom. The first-order valence-corrected chi connectivity index (χ1v) is 18.9. The number of halogens is 3. The summed E-state index contributed by atoms with van der Waals surface area (Å²) >= 11 is 0. The van der Waals surface area contributed by atoms with E-state index in [-0.39, 0.29) is 6.71 Å². The van der Waals surface area contributed by atoms with Gasteiger partial charge in [0.05, 0.1) is 16.6 Å². The van der Waals surface area contributed by atoms with Gasteiger partial charge in [-0.2, -0.15) is 13.2 Å². The number of nitrogens with zero attached hydrogens (tertiary/aromatic N) is 2. The molecule has 0 spiro atoms. The highest BCUT2D eigenvalue weighted by molar-refractivity contribution is 7.00.